The molecule has 11 heavy (non-hydrogen) atoms. The molecule has 0 aliphatic heterocycles. The molecule has 0 bridgehead atoms. The first kappa shape index (κ1) is 10.6. The van der Waals surface area contributed by atoms with E-state index in [1.54, 1.807) is 0 Å². The van der Waals surface area contributed by atoms with Gasteiger partial charge in [0.1, 0.15) is 0 Å². The van der Waals surface area contributed by atoms with Gasteiger partial charge in [-0.15, -0.1) is 0 Å². The summed E-state index contributed by atoms with van der Waals surface area (Å²) in [6.07, 6.45) is -3.49. The molecule has 0 aromatic rings. The van der Waals surface area contributed by atoms with Crippen molar-refractivity contribution in [2.24, 2.45) is 0 Å². The summed E-state index contributed by atoms with van der Waals surface area (Å²) in [6.45, 7) is 0. The van der Waals surface area contributed by atoms with Crippen molar-refractivity contribution in [3.05, 3.63) is 0 Å². The van der Waals surface area contributed by atoms with Gasteiger partial charge in [0.25, 0.3) is 10.8 Å². The number of rotatable bonds is 3. The van der Waals surface area contributed by atoms with Crippen molar-refractivity contribution in [1.82, 2.24) is 0 Å². The highest BCUT2D eigenvalue weighted by Gasteiger charge is 2.46. The molecule has 0 heterocycles. The Kier molecular flexibility index (Phi) is 3.19. The van der Waals surface area contributed by atoms with Gasteiger partial charge in [0.2, 0.25) is 5.78 Å². The second-order valence-electron chi connectivity index (χ2n) is 1.54. The van der Waals surface area contributed by atoms with Gasteiger partial charge in [-0.05, 0) is 0 Å². The minimum atomic E-state index is -3.49. The third-order valence-electron chi connectivity index (χ3n) is 0.776. The summed E-state index contributed by atoms with van der Waals surface area (Å²) in [5.74, 6) is -4.04. The summed E-state index contributed by atoms with van der Waals surface area (Å²) in [7, 11) is 0. The van der Waals surface area contributed by atoms with Crippen molar-refractivity contribution < 1.29 is 23.5 Å². The zero-order valence-corrected chi connectivity index (χ0v) is 6.36. The van der Waals surface area contributed by atoms with Gasteiger partial charge in [-0.1, -0.05) is 23.2 Å². The third kappa shape index (κ3) is 2.27. The molecule has 7 heteroatoms. The summed E-state index contributed by atoms with van der Waals surface area (Å²) >= 11 is 9.51. The maximum Gasteiger partial charge on any atom is 0.348 e. The molecule has 0 saturated carbocycles. The highest BCUT2D eigenvalue weighted by atomic mass is 35.5. The second kappa shape index (κ2) is 3.32. The van der Waals surface area contributed by atoms with Gasteiger partial charge in [0, 0.05) is 0 Å². The zero-order chi connectivity index (χ0) is 9.23. The van der Waals surface area contributed by atoms with E-state index >= 15 is 0 Å². The van der Waals surface area contributed by atoms with E-state index in [1.807, 2.05) is 0 Å². The van der Waals surface area contributed by atoms with Gasteiger partial charge >= 0.3 is 5.97 Å². The number of halogens is 4. The SMILES string of the molecule is O=C(O)C(Cl)(Cl)C(=O)C(F)F. The standard InChI is InChI=1S/C4H2Cl2F2O3/c5-4(6,3(10)11)1(9)2(7)8/h2H,(H,10,11). The van der Waals surface area contributed by atoms with E-state index in [9.17, 15) is 18.4 Å². The molecular weight excluding hydrogens is 205 g/mol. The fourth-order valence-corrected chi connectivity index (χ4v) is 0.407. The van der Waals surface area contributed by atoms with E-state index in [4.69, 9.17) is 28.3 Å². The quantitative estimate of drug-likeness (QED) is 0.556. The van der Waals surface area contributed by atoms with Crippen molar-refractivity contribution in [3.8, 4) is 0 Å². The van der Waals surface area contributed by atoms with Gasteiger partial charge < -0.3 is 5.11 Å². The molecule has 0 aliphatic carbocycles. The predicted octanol–water partition coefficient (Wildman–Crippen LogP) is 1.08. The van der Waals surface area contributed by atoms with Gasteiger partial charge in [-0.2, -0.15) is 0 Å². The lowest BCUT2D eigenvalue weighted by Crippen LogP contribution is -2.39. The number of hydrogen-bond acceptors (Lipinski definition) is 2. The Bertz CT molecular complexity index is 192. The number of carboxylic acids is 1. The molecule has 0 fully saturated rings. The Morgan fingerprint density at radius 3 is 1.82 bits per heavy atom. The van der Waals surface area contributed by atoms with Gasteiger partial charge in [0.05, 0.1) is 0 Å². The van der Waals surface area contributed by atoms with Gasteiger partial charge in [-0.25, -0.2) is 13.6 Å². The van der Waals surface area contributed by atoms with Gasteiger partial charge in [-0.3, -0.25) is 4.79 Å². The second-order valence-corrected chi connectivity index (χ2v) is 2.87. The maximum atomic E-state index is 11.5. The van der Waals surface area contributed by atoms with Crippen LogP contribution in [0.4, 0.5) is 8.78 Å². The van der Waals surface area contributed by atoms with Crippen LogP contribution in [-0.4, -0.2) is 27.6 Å². The molecule has 64 valence electrons. The van der Waals surface area contributed by atoms with E-state index < -0.39 is 22.5 Å². The summed E-state index contributed by atoms with van der Waals surface area (Å²) in [5, 5.41) is 8.04. The highest BCUT2D eigenvalue weighted by Crippen LogP contribution is 2.25. The topological polar surface area (TPSA) is 54.4 Å². The first-order valence-corrected chi connectivity index (χ1v) is 2.99. The van der Waals surface area contributed by atoms with Gasteiger partial charge in [0.15, 0.2) is 0 Å². The number of alkyl halides is 4. The van der Waals surface area contributed by atoms with Crippen LogP contribution in [0.1, 0.15) is 0 Å². The van der Waals surface area contributed by atoms with Crippen LogP contribution >= 0.6 is 23.2 Å². The molecule has 0 unspecified atom stereocenters. The number of ketones is 1. The fourth-order valence-electron chi connectivity index (χ4n) is 0.242. The lowest BCUT2D eigenvalue weighted by Gasteiger charge is -2.10. The van der Waals surface area contributed by atoms with Crippen LogP contribution in [0.2, 0.25) is 0 Å². The molecule has 0 aromatic heterocycles. The Morgan fingerprint density at radius 2 is 1.73 bits per heavy atom. The minimum absolute atomic E-state index is 2.01. The van der Waals surface area contributed by atoms with Crippen LogP contribution < -0.4 is 0 Å². The zero-order valence-electron chi connectivity index (χ0n) is 4.85. The lowest BCUT2D eigenvalue weighted by atomic mass is 10.3. The molecule has 3 nitrogen and oxygen atoms in total. The van der Waals surface area contributed by atoms with Crippen LogP contribution in [0.5, 0.6) is 0 Å². The van der Waals surface area contributed by atoms with Crippen LogP contribution in [-0.2, 0) is 9.59 Å². The first-order valence-electron chi connectivity index (χ1n) is 2.23. The monoisotopic (exact) mass is 206 g/mol. The molecule has 1 N–H and O–H groups in total. The average molecular weight is 207 g/mol. The van der Waals surface area contributed by atoms with Crippen molar-refractivity contribution in [1.29, 1.82) is 0 Å². The molecule has 0 aliphatic rings. The highest BCUT2D eigenvalue weighted by molar-refractivity contribution is 6.67. The van der Waals surface area contributed by atoms with Crippen molar-refractivity contribution in [2.75, 3.05) is 0 Å². The van der Waals surface area contributed by atoms with E-state index in [1.165, 1.54) is 0 Å². The Labute approximate surface area is 69.9 Å². The molecule has 0 atom stereocenters. The summed E-state index contributed by atoms with van der Waals surface area (Å²) < 4.78 is 20.0. The number of Topliss-reactive ketones (excluding diaryl/α,β-unsaturated/α-hetero) is 1. The first-order chi connectivity index (χ1) is 4.80. The van der Waals surface area contributed by atoms with Crippen LogP contribution in [0.3, 0.4) is 0 Å². The van der Waals surface area contributed by atoms with Crippen molar-refractivity contribution in [2.45, 2.75) is 10.8 Å². The molecule has 0 spiro atoms. The number of carboxylic acid groups (broad SMARTS) is 1. The molecule has 0 aromatic carbocycles. The van der Waals surface area contributed by atoms with Crippen molar-refractivity contribution >= 4 is 35.0 Å². The van der Waals surface area contributed by atoms with E-state index in [2.05, 4.69) is 0 Å². The smallest absolute Gasteiger partial charge is 0.348 e. The summed E-state index contributed by atoms with van der Waals surface area (Å²) in [5.41, 5.74) is 0. The Hall–Kier alpha value is -0.420. The Balaban J connectivity index is 4.56. The largest absolute Gasteiger partial charge is 0.479 e. The van der Waals surface area contributed by atoms with Crippen molar-refractivity contribution in [3.63, 3.8) is 0 Å². The normalized spacial score (nSPS) is 11.7. The Morgan fingerprint density at radius 1 is 1.36 bits per heavy atom. The molecule has 0 amide bonds. The van der Waals surface area contributed by atoms with E-state index in [-0.39, 0.29) is 0 Å². The molecule has 0 saturated heterocycles. The lowest BCUT2D eigenvalue weighted by molar-refractivity contribution is -0.144. The fraction of sp³-hybridized carbons (Fsp3) is 0.500. The maximum absolute atomic E-state index is 11.5. The average Bonchev–Trinajstić information content (AvgIpc) is 1.85. The van der Waals surface area contributed by atoms with E-state index in [0.717, 1.165) is 0 Å². The van der Waals surface area contributed by atoms with Crippen LogP contribution in [0.25, 0.3) is 0 Å². The number of carbonyl (C=O) groups is 2. The predicted molar refractivity (Wildman–Crippen MR) is 33.1 cm³/mol. The number of aliphatic carboxylic acids is 1. The molecule has 0 rings (SSSR count). The van der Waals surface area contributed by atoms with E-state index in [0.29, 0.717) is 0 Å². The summed E-state index contributed by atoms with van der Waals surface area (Å²) in [4.78, 5) is 20.2. The minimum Gasteiger partial charge on any atom is -0.479 e. The molecule has 0 radical (unpaired) electrons. The number of carbonyl (C=O) groups excluding carboxylic acids is 1. The van der Waals surface area contributed by atoms with Crippen LogP contribution in [0.15, 0.2) is 0 Å². The molecular formula is C4H2Cl2F2O3. The third-order valence-corrected chi connectivity index (χ3v) is 1.47. The van der Waals surface area contributed by atoms with Crippen LogP contribution in [0, 0.1) is 0 Å². The summed E-state index contributed by atoms with van der Waals surface area (Å²) in [6, 6.07) is 0. The number of hydrogen-bond donors (Lipinski definition) is 1.